The Hall–Kier alpha value is -1.78. The van der Waals surface area contributed by atoms with Gasteiger partial charge in [0.1, 0.15) is 11.6 Å². The molecule has 100 valence electrons. The Bertz CT molecular complexity index is 439. The summed E-state index contributed by atoms with van der Waals surface area (Å²) in [4.78, 5) is 0. The zero-order valence-electron chi connectivity index (χ0n) is 10.9. The third-order valence-electron chi connectivity index (χ3n) is 2.43. The lowest BCUT2D eigenvalue weighted by atomic mass is 9.93. The number of nitrogens with zero attached hydrogens (tertiary/aromatic N) is 1. The topological polar surface area (TPSA) is 67.8 Å². The highest BCUT2D eigenvalue weighted by Gasteiger charge is 2.13. The van der Waals surface area contributed by atoms with Crippen LogP contribution in [-0.2, 0) is 0 Å². The van der Waals surface area contributed by atoms with Gasteiger partial charge in [-0.2, -0.15) is 0 Å². The fraction of sp³-hybridized carbons (Fsp3) is 0.462. The van der Waals surface area contributed by atoms with Gasteiger partial charge < -0.3 is 15.7 Å². The largest absolute Gasteiger partial charge is 0.493 e. The Morgan fingerprint density at radius 3 is 2.67 bits per heavy atom. The predicted molar refractivity (Wildman–Crippen MR) is 68.5 cm³/mol. The second kappa shape index (κ2) is 5.71. The smallest absolute Gasteiger partial charge is 0.173 e. The molecule has 0 aromatic heterocycles. The summed E-state index contributed by atoms with van der Waals surface area (Å²) in [6.45, 7) is 6.79. The average molecular weight is 254 g/mol. The molecule has 0 aliphatic rings. The van der Waals surface area contributed by atoms with Crippen LogP contribution in [0.1, 0.15) is 32.8 Å². The summed E-state index contributed by atoms with van der Waals surface area (Å²) in [5.41, 5.74) is 5.88. The minimum Gasteiger partial charge on any atom is -0.493 e. The third-order valence-corrected chi connectivity index (χ3v) is 2.43. The maximum absolute atomic E-state index is 13.1. The van der Waals surface area contributed by atoms with Crippen LogP contribution in [0.2, 0.25) is 0 Å². The first-order valence-corrected chi connectivity index (χ1v) is 5.74. The number of benzene rings is 1. The molecule has 0 radical (unpaired) electrons. The number of hydrogen-bond donors (Lipinski definition) is 2. The summed E-state index contributed by atoms with van der Waals surface area (Å²) in [7, 11) is 0. The van der Waals surface area contributed by atoms with Gasteiger partial charge in [-0.3, -0.25) is 0 Å². The van der Waals surface area contributed by atoms with Gasteiger partial charge in [-0.1, -0.05) is 25.9 Å². The summed E-state index contributed by atoms with van der Waals surface area (Å²) in [6.07, 6.45) is 0.847. The molecule has 0 amide bonds. The molecular formula is C13H19FN2O2. The van der Waals surface area contributed by atoms with Gasteiger partial charge in [-0.15, -0.1) is 0 Å². The molecular weight excluding hydrogens is 235 g/mol. The van der Waals surface area contributed by atoms with Crippen LogP contribution in [0.4, 0.5) is 4.39 Å². The summed E-state index contributed by atoms with van der Waals surface area (Å²) in [5, 5.41) is 11.5. The molecule has 0 atom stereocenters. The molecule has 4 nitrogen and oxygen atoms in total. The number of halogens is 1. The van der Waals surface area contributed by atoms with E-state index in [0.29, 0.717) is 12.4 Å². The minimum absolute atomic E-state index is 0.150. The Balaban J connectivity index is 2.82. The number of hydrogen-bond acceptors (Lipinski definition) is 3. The van der Waals surface area contributed by atoms with Crippen LogP contribution in [0.25, 0.3) is 0 Å². The van der Waals surface area contributed by atoms with Crippen molar-refractivity contribution in [1.82, 2.24) is 0 Å². The van der Waals surface area contributed by atoms with E-state index >= 15 is 0 Å². The van der Waals surface area contributed by atoms with Gasteiger partial charge in [-0.05, 0) is 30.0 Å². The van der Waals surface area contributed by atoms with Crippen molar-refractivity contribution < 1.29 is 14.3 Å². The van der Waals surface area contributed by atoms with E-state index in [0.717, 1.165) is 6.42 Å². The van der Waals surface area contributed by atoms with Gasteiger partial charge in [0.15, 0.2) is 5.84 Å². The van der Waals surface area contributed by atoms with Gasteiger partial charge >= 0.3 is 0 Å². The van der Waals surface area contributed by atoms with Crippen molar-refractivity contribution in [3.8, 4) is 5.75 Å². The van der Waals surface area contributed by atoms with Crippen molar-refractivity contribution in [2.24, 2.45) is 16.3 Å². The van der Waals surface area contributed by atoms with Crippen molar-refractivity contribution in [2.45, 2.75) is 27.2 Å². The van der Waals surface area contributed by atoms with E-state index in [-0.39, 0.29) is 16.8 Å². The monoisotopic (exact) mass is 254 g/mol. The van der Waals surface area contributed by atoms with E-state index in [9.17, 15) is 4.39 Å². The Kier molecular flexibility index (Phi) is 4.53. The molecule has 0 fully saturated rings. The maximum Gasteiger partial charge on any atom is 0.173 e. The molecule has 18 heavy (non-hydrogen) atoms. The lowest BCUT2D eigenvalue weighted by Gasteiger charge is -2.19. The predicted octanol–water partition coefficient (Wildman–Crippen LogP) is 2.74. The molecule has 0 heterocycles. The van der Waals surface area contributed by atoms with Crippen molar-refractivity contribution >= 4 is 5.84 Å². The van der Waals surface area contributed by atoms with E-state index < -0.39 is 5.82 Å². The van der Waals surface area contributed by atoms with E-state index in [1.54, 1.807) is 0 Å². The maximum atomic E-state index is 13.1. The van der Waals surface area contributed by atoms with Crippen LogP contribution < -0.4 is 10.5 Å². The number of ether oxygens (including phenoxy) is 1. The first kappa shape index (κ1) is 14.3. The van der Waals surface area contributed by atoms with E-state index in [1.165, 1.54) is 18.2 Å². The summed E-state index contributed by atoms with van der Waals surface area (Å²) < 4.78 is 18.7. The van der Waals surface area contributed by atoms with E-state index in [4.69, 9.17) is 15.7 Å². The summed E-state index contributed by atoms with van der Waals surface area (Å²) in [5.74, 6) is -0.212. The van der Waals surface area contributed by atoms with Crippen LogP contribution in [0, 0.1) is 11.2 Å². The molecule has 1 rings (SSSR count). The molecule has 1 aromatic rings. The molecule has 0 aliphatic heterocycles. The minimum atomic E-state index is -0.459. The summed E-state index contributed by atoms with van der Waals surface area (Å²) in [6, 6.07) is 3.94. The lowest BCUT2D eigenvalue weighted by molar-refractivity contribution is 0.242. The van der Waals surface area contributed by atoms with Crippen molar-refractivity contribution in [1.29, 1.82) is 0 Å². The molecule has 0 aliphatic carbocycles. The van der Waals surface area contributed by atoms with Crippen LogP contribution in [-0.4, -0.2) is 17.6 Å². The Morgan fingerprint density at radius 2 is 2.11 bits per heavy atom. The van der Waals surface area contributed by atoms with Crippen LogP contribution in [0.5, 0.6) is 5.75 Å². The molecule has 3 N–H and O–H groups in total. The second-order valence-corrected chi connectivity index (χ2v) is 5.28. The third kappa shape index (κ3) is 4.24. The van der Waals surface area contributed by atoms with E-state index in [2.05, 4.69) is 25.9 Å². The molecule has 0 bridgehead atoms. The van der Waals surface area contributed by atoms with Crippen molar-refractivity contribution in [3.63, 3.8) is 0 Å². The number of amidine groups is 1. The fourth-order valence-electron chi connectivity index (χ4n) is 1.35. The van der Waals surface area contributed by atoms with Crippen LogP contribution in [0.15, 0.2) is 23.4 Å². The number of nitrogens with two attached hydrogens (primary N) is 1. The summed E-state index contributed by atoms with van der Waals surface area (Å²) >= 11 is 0. The van der Waals surface area contributed by atoms with Gasteiger partial charge in [0.25, 0.3) is 0 Å². The van der Waals surface area contributed by atoms with E-state index in [1.807, 2.05) is 0 Å². The van der Waals surface area contributed by atoms with Gasteiger partial charge in [-0.25, -0.2) is 4.39 Å². The molecule has 5 heteroatoms. The standard InChI is InChI=1S/C13H19FN2O2/c1-13(2,3)6-7-18-11-5-4-9(14)8-10(11)12(15)16-17/h4-5,8,17H,6-7H2,1-3H3,(H2,15,16). The quantitative estimate of drug-likeness (QED) is 0.376. The molecule has 0 saturated carbocycles. The van der Waals surface area contributed by atoms with Gasteiger partial charge in [0.05, 0.1) is 12.2 Å². The van der Waals surface area contributed by atoms with Crippen molar-refractivity contribution in [2.75, 3.05) is 6.61 Å². The molecule has 0 saturated heterocycles. The Labute approximate surface area is 106 Å². The first-order chi connectivity index (χ1) is 8.33. The second-order valence-electron chi connectivity index (χ2n) is 5.28. The SMILES string of the molecule is CC(C)(C)CCOc1ccc(F)cc1C(N)=NO. The van der Waals surface area contributed by atoms with Gasteiger partial charge in [0, 0.05) is 0 Å². The number of rotatable bonds is 4. The van der Waals surface area contributed by atoms with Gasteiger partial charge in [0.2, 0.25) is 0 Å². The lowest BCUT2D eigenvalue weighted by Crippen LogP contribution is -2.17. The highest BCUT2D eigenvalue weighted by Crippen LogP contribution is 2.22. The fourth-order valence-corrected chi connectivity index (χ4v) is 1.35. The number of oxime groups is 1. The zero-order chi connectivity index (χ0) is 13.8. The zero-order valence-corrected chi connectivity index (χ0v) is 10.9. The average Bonchev–Trinajstić information content (AvgIpc) is 2.28. The molecule has 0 unspecified atom stereocenters. The van der Waals surface area contributed by atoms with Crippen LogP contribution >= 0.6 is 0 Å². The highest BCUT2D eigenvalue weighted by molar-refractivity contribution is 5.99. The first-order valence-electron chi connectivity index (χ1n) is 5.74. The van der Waals surface area contributed by atoms with Crippen LogP contribution in [0.3, 0.4) is 0 Å². The highest BCUT2D eigenvalue weighted by atomic mass is 19.1. The molecule has 0 spiro atoms. The molecule has 1 aromatic carbocycles. The van der Waals surface area contributed by atoms with Crippen molar-refractivity contribution in [3.05, 3.63) is 29.6 Å². The normalized spacial score (nSPS) is 12.6. The Morgan fingerprint density at radius 1 is 1.44 bits per heavy atom.